The zero-order valence-electron chi connectivity index (χ0n) is 25.1. The number of ether oxygens (including phenoxy) is 6. The molecule has 0 radical (unpaired) electrons. The smallest absolute Gasteiger partial charge is 0.306 e. The third-order valence-corrected chi connectivity index (χ3v) is 6.24. The van der Waals surface area contributed by atoms with Gasteiger partial charge < -0.3 is 33.5 Å². The molecule has 1 aliphatic rings. The van der Waals surface area contributed by atoms with E-state index in [0.717, 1.165) is 5.56 Å². The SMILES string of the molecule is COc1cc(CNNC(=O)[C@]2(CCC(=O)OC(C)(C)C)COC(c3ccc(OCCCO)cc3)=N2)cc(OC)c1OC. The van der Waals surface area contributed by atoms with E-state index in [1.165, 1.54) is 21.3 Å². The summed E-state index contributed by atoms with van der Waals surface area (Å²) in [5.41, 5.74) is 5.04. The molecule has 0 aliphatic carbocycles. The molecule has 2 aromatic carbocycles. The minimum atomic E-state index is -1.37. The number of carbonyl (C=O) groups excluding carboxylic acids is 2. The lowest BCUT2D eigenvalue weighted by Crippen LogP contribution is -2.51. The third-order valence-electron chi connectivity index (χ3n) is 6.24. The molecule has 0 unspecified atom stereocenters. The summed E-state index contributed by atoms with van der Waals surface area (Å²) in [6, 6.07) is 10.6. The summed E-state index contributed by atoms with van der Waals surface area (Å²) in [7, 11) is 4.58. The molecule has 1 aliphatic heterocycles. The highest BCUT2D eigenvalue weighted by Crippen LogP contribution is 2.38. The molecule has 0 bridgehead atoms. The van der Waals surface area contributed by atoms with Crippen molar-refractivity contribution in [2.75, 3.05) is 41.2 Å². The summed E-state index contributed by atoms with van der Waals surface area (Å²) in [5.74, 6) is 1.44. The van der Waals surface area contributed by atoms with Gasteiger partial charge in [0.1, 0.15) is 18.0 Å². The number of hydrogen-bond acceptors (Lipinski definition) is 11. The molecule has 42 heavy (non-hydrogen) atoms. The van der Waals surface area contributed by atoms with Crippen molar-refractivity contribution in [3.63, 3.8) is 0 Å². The minimum absolute atomic E-state index is 0.0324. The van der Waals surface area contributed by atoms with E-state index in [-0.39, 0.29) is 38.5 Å². The predicted octanol–water partition coefficient (Wildman–Crippen LogP) is 2.93. The molecule has 3 rings (SSSR count). The molecule has 0 spiro atoms. The van der Waals surface area contributed by atoms with E-state index in [0.29, 0.717) is 41.6 Å². The first-order valence-electron chi connectivity index (χ1n) is 13.6. The molecule has 230 valence electrons. The Morgan fingerprint density at radius 2 is 1.71 bits per heavy atom. The molecule has 12 nitrogen and oxygen atoms in total. The van der Waals surface area contributed by atoms with Gasteiger partial charge in [-0.15, -0.1) is 0 Å². The summed E-state index contributed by atoms with van der Waals surface area (Å²) in [6.07, 6.45) is 0.571. The number of methoxy groups -OCH3 is 3. The van der Waals surface area contributed by atoms with E-state index in [9.17, 15) is 9.59 Å². The first-order chi connectivity index (χ1) is 20.0. The Bertz CT molecular complexity index is 1220. The van der Waals surface area contributed by atoms with E-state index in [1.54, 1.807) is 57.2 Å². The van der Waals surface area contributed by atoms with Crippen molar-refractivity contribution in [2.45, 2.75) is 57.7 Å². The second kappa shape index (κ2) is 14.7. The van der Waals surface area contributed by atoms with Crippen molar-refractivity contribution in [2.24, 2.45) is 4.99 Å². The van der Waals surface area contributed by atoms with Gasteiger partial charge in [0, 0.05) is 31.6 Å². The van der Waals surface area contributed by atoms with Crippen LogP contribution in [0.25, 0.3) is 0 Å². The van der Waals surface area contributed by atoms with Crippen LogP contribution in [-0.2, 0) is 25.6 Å². The van der Waals surface area contributed by atoms with Crippen LogP contribution < -0.4 is 29.8 Å². The highest BCUT2D eigenvalue weighted by atomic mass is 16.6. The number of aliphatic hydroxyl groups is 1. The van der Waals surface area contributed by atoms with Gasteiger partial charge in [-0.25, -0.2) is 10.4 Å². The monoisotopic (exact) mass is 587 g/mol. The molecular formula is C30H41N3O9. The molecule has 0 fully saturated rings. The van der Waals surface area contributed by atoms with Crippen molar-refractivity contribution in [3.8, 4) is 23.0 Å². The summed E-state index contributed by atoms with van der Waals surface area (Å²) >= 11 is 0. The topological polar surface area (TPSA) is 146 Å². The van der Waals surface area contributed by atoms with Crippen LogP contribution in [0.5, 0.6) is 23.0 Å². The van der Waals surface area contributed by atoms with Crippen LogP contribution in [0.2, 0.25) is 0 Å². The van der Waals surface area contributed by atoms with Crippen molar-refractivity contribution in [3.05, 3.63) is 47.5 Å². The van der Waals surface area contributed by atoms with Gasteiger partial charge in [0.15, 0.2) is 17.0 Å². The zero-order chi connectivity index (χ0) is 30.8. The van der Waals surface area contributed by atoms with Gasteiger partial charge in [0.25, 0.3) is 5.91 Å². The molecule has 3 N–H and O–H groups in total. The van der Waals surface area contributed by atoms with E-state index < -0.39 is 23.0 Å². The lowest BCUT2D eigenvalue weighted by atomic mass is 9.94. The molecule has 0 saturated carbocycles. The van der Waals surface area contributed by atoms with Gasteiger partial charge in [-0.3, -0.25) is 15.0 Å². The highest BCUT2D eigenvalue weighted by molar-refractivity contribution is 6.00. The maximum absolute atomic E-state index is 13.6. The van der Waals surface area contributed by atoms with E-state index in [4.69, 9.17) is 33.5 Å². The Kier molecular flexibility index (Phi) is 11.4. The molecule has 0 saturated heterocycles. The summed E-state index contributed by atoms with van der Waals surface area (Å²) in [6.45, 7) is 5.97. The molecular weight excluding hydrogens is 546 g/mol. The number of esters is 1. The van der Waals surface area contributed by atoms with Crippen LogP contribution in [0, 0.1) is 0 Å². The molecule has 1 heterocycles. The number of benzene rings is 2. The van der Waals surface area contributed by atoms with Crippen LogP contribution in [0.1, 0.15) is 51.2 Å². The molecule has 1 amide bonds. The standard InChI is InChI=1S/C30H41N3O9/c1-29(2,3)42-25(35)12-13-30(19-41-27(32-30)21-8-10-22(11-9-21)40-15-7-14-34)28(36)33-31-18-20-16-23(37-4)26(39-6)24(17-20)38-5/h8-11,16-17,31,34H,7,12-15,18-19H2,1-6H3,(H,33,36)/t30-/m0/s1. The van der Waals surface area contributed by atoms with Crippen LogP contribution in [0.4, 0.5) is 0 Å². The highest BCUT2D eigenvalue weighted by Gasteiger charge is 2.45. The average Bonchev–Trinajstić information content (AvgIpc) is 3.41. The largest absolute Gasteiger partial charge is 0.494 e. The van der Waals surface area contributed by atoms with Crippen LogP contribution in [-0.4, -0.2) is 75.2 Å². The second-order valence-electron chi connectivity index (χ2n) is 10.6. The Morgan fingerprint density at radius 3 is 2.29 bits per heavy atom. The summed E-state index contributed by atoms with van der Waals surface area (Å²) in [4.78, 5) is 30.8. The Labute approximate surface area is 246 Å². The quantitative estimate of drug-likeness (QED) is 0.161. The number of amides is 1. The average molecular weight is 588 g/mol. The molecule has 0 aromatic heterocycles. The van der Waals surface area contributed by atoms with Crippen molar-refractivity contribution in [1.29, 1.82) is 0 Å². The normalized spacial score (nSPS) is 16.2. The fourth-order valence-corrected chi connectivity index (χ4v) is 4.18. The van der Waals surface area contributed by atoms with Crippen molar-refractivity contribution in [1.82, 2.24) is 10.9 Å². The van der Waals surface area contributed by atoms with Crippen LogP contribution in [0.3, 0.4) is 0 Å². The van der Waals surface area contributed by atoms with Gasteiger partial charge >= 0.3 is 5.97 Å². The van der Waals surface area contributed by atoms with Crippen LogP contribution >= 0.6 is 0 Å². The van der Waals surface area contributed by atoms with E-state index >= 15 is 0 Å². The lowest BCUT2D eigenvalue weighted by Gasteiger charge is -2.24. The number of nitrogens with zero attached hydrogens (tertiary/aromatic N) is 1. The third kappa shape index (κ3) is 8.73. The van der Waals surface area contributed by atoms with Crippen molar-refractivity contribution >= 4 is 17.8 Å². The molecule has 2 aromatic rings. The number of hydrazine groups is 1. The van der Waals surface area contributed by atoms with Gasteiger partial charge in [-0.05, 0) is 69.2 Å². The minimum Gasteiger partial charge on any atom is -0.494 e. The number of nitrogens with one attached hydrogen (secondary N) is 2. The van der Waals surface area contributed by atoms with Gasteiger partial charge in [0.2, 0.25) is 11.6 Å². The number of rotatable bonds is 15. The predicted molar refractivity (Wildman–Crippen MR) is 155 cm³/mol. The van der Waals surface area contributed by atoms with Gasteiger partial charge in [-0.1, -0.05) is 0 Å². The Morgan fingerprint density at radius 1 is 1.05 bits per heavy atom. The first kappa shape index (κ1) is 32.5. The number of aliphatic imine (C=N–C) groups is 1. The van der Waals surface area contributed by atoms with E-state index in [2.05, 4.69) is 15.8 Å². The first-order valence-corrected chi connectivity index (χ1v) is 13.6. The molecule has 12 heteroatoms. The van der Waals surface area contributed by atoms with E-state index in [1.807, 2.05) is 0 Å². The Hall–Kier alpha value is -4.03. The molecule has 1 atom stereocenters. The summed E-state index contributed by atoms with van der Waals surface area (Å²) < 4.78 is 33.1. The summed E-state index contributed by atoms with van der Waals surface area (Å²) in [5, 5.41) is 8.94. The lowest BCUT2D eigenvalue weighted by molar-refractivity contribution is -0.155. The Balaban J connectivity index is 1.76. The van der Waals surface area contributed by atoms with Gasteiger partial charge in [-0.2, -0.15) is 0 Å². The zero-order valence-corrected chi connectivity index (χ0v) is 25.1. The van der Waals surface area contributed by atoms with Gasteiger partial charge in [0.05, 0.1) is 27.9 Å². The fraction of sp³-hybridized carbons (Fsp3) is 0.500. The maximum atomic E-state index is 13.6. The fourth-order valence-electron chi connectivity index (χ4n) is 4.18. The maximum Gasteiger partial charge on any atom is 0.306 e. The second-order valence-corrected chi connectivity index (χ2v) is 10.6. The number of carbonyl (C=O) groups is 2. The number of aliphatic hydroxyl groups excluding tert-OH is 1. The number of hydrogen-bond donors (Lipinski definition) is 3. The van der Waals surface area contributed by atoms with Crippen LogP contribution in [0.15, 0.2) is 41.4 Å². The van der Waals surface area contributed by atoms with Crippen molar-refractivity contribution < 1.29 is 43.1 Å².